The van der Waals surface area contributed by atoms with Gasteiger partial charge in [-0.3, -0.25) is 0 Å². The Morgan fingerprint density at radius 2 is 1.91 bits per heavy atom. The summed E-state index contributed by atoms with van der Waals surface area (Å²) < 4.78 is 10.5. The monoisotopic (exact) mass is 306 g/mol. The zero-order valence-electron chi connectivity index (χ0n) is 13.7. The van der Waals surface area contributed by atoms with E-state index in [4.69, 9.17) is 9.47 Å². The lowest BCUT2D eigenvalue weighted by Crippen LogP contribution is -2.36. The van der Waals surface area contributed by atoms with Gasteiger partial charge in [0, 0.05) is 24.5 Å². The van der Waals surface area contributed by atoms with E-state index in [0.29, 0.717) is 6.61 Å². The van der Waals surface area contributed by atoms with Crippen molar-refractivity contribution >= 4 is 17.3 Å². The number of anilines is 2. The highest BCUT2D eigenvalue weighted by Gasteiger charge is 2.23. The molecule has 1 atom stereocenters. The van der Waals surface area contributed by atoms with Crippen LogP contribution in [0.25, 0.3) is 0 Å². The number of nitrogens with zero attached hydrogens (tertiary/aromatic N) is 1. The fourth-order valence-electron chi connectivity index (χ4n) is 2.50. The van der Waals surface area contributed by atoms with Gasteiger partial charge in [-0.25, -0.2) is 4.79 Å². The number of hydrogen-bond donors (Lipinski definition) is 1. The first-order valence-electron chi connectivity index (χ1n) is 7.97. The quantitative estimate of drug-likeness (QED) is 0.819. The minimum absolute atomic E-state index is 0.165. The molecular formula is C17H26N2O3. The highest BCUT2D eigenvalue weighted by atomic mass is 16.5. The van der Waals surface area contributed by atoms with Crippen molar-refractivity contribution in [2.45, 2.75) is 26.8 Å². The van der Waals surface area contributed by atoms with Crippen LogP contribution < -0.4 is 10.2 Å². The van der Waals surface area contributed by atoms with Crippen molar-refractivity contribution in [2.24, 2.45) is 5.92 Å². The molecule has 0 aliphatic carbocycles. The van der Waals surface area contributed by atoms with Crippen LogP contribution in [0.5, 0.6) is 0 Å². The first-order chi connectivity index (χ1) is 10.6. The highest BCUT2D eigenvalue weighted by molar-refractivity contribution is 5.79. The maximum atomic E-state index is 12.0. The summed E-state index contributed by atoms with van der Waals surface area (Å²) in [5.74, 6) is -0.0345. The summed E-state index contributed by atoms with van der Waals surface area (Å²) in [6, 6.07) is 7.86. The summed E-state index contributed by atoms with van der Waals surface area (Å²) in [6.07, 6.45) is 0. The Bertz CT molecular complexity index is 467. The Morgan fingerprint density at radius 1 is 1.27 bits per heavy atom. The molecule has 122 valence electrons. The van der Waals surface area contributed by atoms with Crippen molar-refractivity contribution < 1.29 is 14.3 Å². The third kappa shape index (κ3) is 4.37. The van der Waals surface area contributed by atoms with Crippen molar-refractivity contribution in [3.63, 3.8) is 0 Å². The van der Waals surface area contributed by atoms with Crippen LogP contribution in [-0.2, 0) is 14.3 Å². The van der Waals surface area contributed by atoms with E-state index < -0.39 is 0 Å². The molecule has 5 heteroatoms. The maximum absolute atomic E-state index is 12.0. The number of rotatable bonds is 6. The molecule has 1 fully saturated rings. The SMILES string of the molecule is CCOC(=O)C(Nc1ccc(N2CCOCC2)cc1)C(C)C. The fraction of sp³-hybridized carbons (Fsp3) is 0.588. The summed E-state index contributed by atoms with van der Waals surface area (Å²) in [5, 5.41) is 3.28. The molecule has 5 nitrogen and oxygen atoms in total. The second kappa shape index (κ2) is 8.03. The predicted octanol–water partition coefficient (Wildman–Crippen LogP) is 2.52. The zero-order chi connectivity index (χ0) is 15.9. The molecule has 1 aromatic carbocycles. The molecule has 1 heterocycles. The molecule has 1 unspecified atom stereocenters. The topological polar surface area (TPSA) is 50.8 Å². The third-order valence-corrected chi connectivity index (χ3v) is 3.77. The van der Waals surface area contributed by atoms with Gasteiger partial charge in [0.05, 0.1) is 19.8 Å². The van der Waals surface area contributed by atoms with Gasteiger partial charge in [-0.2, -0.15) is 0 Å². The molecule has 0 spiro atoms. The van der Waals surface area contributed by atoms with E-state index in [1.165, 1.54) is 5.69 Å². The van der Waals surface area contributed by atoms with E-state index in [0.717, 1.165) is 32.0 Å². The average molecular weight is 306 g/mol. The number of benzene rings is 1. The Morgan fingerprint density at radius 3 is 2.45 bits per heavy atom. The summed E-state index contributed by atoms with van der Waals surface area (Å²) in [5.41, 5.74) is 2.12. The molecular weight excluding hydrogens is 280 g/mol. The molecule has 1 aliphatic heterocycles. The number of hydrogen-bond acceptors (Lipinski definition) is 5. The van der Waals surface area contributed by atoms with Crippen molar-refractivity contribution in [2.75, 3.05) is 43.1 Å². The number of carbonyl (C=O) groups is 1. The third-order valence-electron chi connectivity index (χ3n) is 3.77. The second-order valence-corrected chi connectivity index (χ2v) is 5.76. The number of ether oxygens (including phenoxy) is 2. The van der Waals surface area contributed by atoms with E-state index in [-0.39, 0.29) is 17.9 Å². The van der Waals surface area contributed by atoms with Crippen LogP contribution in [0.3, 0.4) is 0 Å². The van der Waals surface area contributed by atoms with E-state index in [1.807, 2.05) is 32.9 Å². The van der Waals surface area contributed by atoms with Gasteiger partial charge in [-0.15, -0.1) is 0 Å². The van der Waals surface area contributed by atoms with Crippen molar-refractivity contribution in [3.8, 4) is 0 Å². The van der Waals surface area contributed by atoms with Crippen molar-refractivity contribution in [1.29, 1.82) is 0 Å². The van der Waals surface area contributed by atoms with Crippen LogP contribution in [0.1, 0.15) is 20.8 Å². The molecule has 0 radical (unpaired) electrons. The lowest BCUT2D eigenvalue weighted by molar-refractivity contribution is -0.145. The second-order valence-electron chi connectivity index (χ2n) is 5.76. The van der Waals surface area contributed by atoms with Crippen LogP contribution in [0.15, 0.2) is 24.3 Å². The Kier molecular flexibility index (Phi) is 6.07. The zero-order valence-corrected chi connectivity index (χ0v) is 13.7. The minimum Gasteiger partial charge on any atom is -0.464 e. The molecule has 1 saturated heterocycles. The van der Waals surface area contributed by atoms with Crippen LogP contribution in [0.4, 0.5) is 11.4 Å². The molecule has 0 aromatic heterocycles. The van der Waals surface area contributed by atoms with E-state index in [2.05, 4.69) is 22.3 Å². The lowest BCUT2D eigenvalue weighted by atomic mass is 10.0. The maximum Gasteiger partial charge on any atom is 0.328 e. The van der Waals surface area contributed by atoms with Crippen molar-refractivity contribution in [1.82, 2.24) is 0 Å². The lowest BCUT2D eigenvalue weighted by Gasteiger charge is -2.29. The number of carbonyl (C=O) groups excluding carboxylic acids is 1. The van der Waals surface area contributed by atoms with Crippen LogP contribution in [0.2, 0.25) is 0 Å². The van der Waals surface area contributed by atoms with Gasteiger partial charge in [0.2, 0.25) is 0 Å². The molecule has 0 bridgehead atoms. The molecule has 1 N–H and O–H groups in total. The number of morpholine rings is 1. The largest absolute Gasteiger partial charge is 0.464 e. The Balaban J connectivity index is 2.00. The molecule has 22 heavy (non-hydrogen) atoms. The number of nitrogens with one attached hydrogen (secondary N) is 1. The van der Waals surface area contributed by atoms with E-state index in [9.17, 15) is 4.79 Å². The summed E-state index contributed by atoms with van der Waals surface area (Å²) in [6.45, 7) is 9.64. The molecule has 0 amide bonds. The minimum atomic E-state index is -0.325. The van der Waals surface area contributed by atoms with Gasteiger partial charge in [-0.1, -0.05) is 13.8 Å². The van der Waals surface area contributed by atoms with Gasteiger partial charge in [0.1, 0.15) is 6.04 Å². The van der Waals surface area contributed by atoms with Gasteiger partial charge in [0.25, 0.3) is 0 Å². The van der Waals surface area contributed by atoms with Crippen molar-refractivity contribution in [3.05, 3.63) is 24.3 Å². The smallest absolute Gasteiger partial charge is 0.328 e. The molecule has 1 aliphatic rings. The Labute approximate surface area is 132 Å². The fourth-order valence-corrected chi connectivity index (χ4v) is 2.50. The van der Waals surface area contributed by atoms with Gasteiger partial charge in [-0.05, 0) is 37.1 Å². The van der Waals surface area contributed by atoms with E-state index >= 15 is 0 Å². The summed E-state index contributed by atoms with van der Waals surface area (Å²) in [4.78, 5) is 14.3. The normalized spacial score (nSPS) is 16.5. The van der Waals surface area contributed by atoms with E-state index in [1.54, 1.807) is 0 Å². The molecule has 0 saturated carbocycles. The predicted molar refractivity (Wildman–Crippen MR) is 88.4 cm³/mol. The van der Waals surface area contributed by atoms with Gasteiger partial charge in [0.15, 0.2) is 0 Å². The Hall–Kier alpha value is -1.75. The first kappa shape index (κ1) is 16.6. The van der Waals surface area contributed by atoms with Crippen LogP contribution >= 0.6 is 0 Å². The molecule has 2 rings (SSSR count). The average Bonchev–Trinajstić information content (AvgIpc) is 2.54. The van der Waals surface area contributed by atoms with Gasteiger partial charge < -0.3 is 19.7 Å². The highest BCUT2D eigenvalue weighted by Crippen LogP contribution is 2.21. The van der Waals surface area contributed by atoms with Crippen LogP contribution in [-0.4, -0.2) is 44.9 Å². The number of esters is 1. The summed E-state index contributed by atoms with van der Waals surface area (Å²) >= 11 is 0. The van der Waals surface area contributed by atoms with Crippen LogP contribution in [0, 0.1) is 5.92 Å². The summed E-state index contributed by atoms with van der Waals surface area (Å²) in [7, 11) is 0. The molecule has 1 aromatic rings. The standard InChI is InChI=1S/C17H26N2O3/c1-4-22-17(20)16(13(2)3)18-14-5-7-15(8-6-14)19-9-11-21-12-10-19/h5-8,13,16,18H,4,9-12H2,1-3H3. The van der Waals surface area contributed by atoms with Gasteiger partial charge >= 0.3 is 5.97 Å². The first-order valence-corrected chi connectivity index (χ1v) is 7.97.